The topological polar surface area (TPSA) is 35.5 Å². The van der Waals surface area contributed by atoms with Crippen molar-refractivity contribution in [3.05, 3.63) is 53.1 Å². The van der Waals surface area contributed by atoms with Crippen molar-refractivity contribution in [3.63, 3.8) is 0 Å². The van der Waals surface area contributed by atoms with E-state index in [9.17, 15) is 4.79 Å². The molecule has 98 valence electrons. The maximum atomic E-state index is 10.9. The van der Waals surface area contributed by atoms with Crippen molar-refractivity contribution in [2.45, 2.75) is 0 Å². The van der Waals surface area contributed by atoms with Crippen LogP contribution in [0.5, 0.6) is 5.75 Å². The van der Waals surface area contributed by atoms with Crippen molar-refractivity contribution in [1.82, 2.24) is 0 Å². The Morgan fingerprint density at radius 3 is 2.74 bits per heavy atom. The van der Waals surface area contributed by atoms with E-state index in [1.807, 2.05) is 30.3 Å². The van der Waals surface area contributed by atoms with Crippen LogP contribution < -0.4 is 4.74 Å². The van der Waals surface area contributed by atoms with Crippen LogP contribution in [0.25, 0.3) is 11.1 Å². The third kappa shape index (κ3) is 3.13. The van der Waals surface area contributed by atoms with Gasteiger partial charge in [0.25, 0.3) is 0 Å². The molecule has 0 saturated heterocycles. The van der Waals surface area contributed by atoms with Crippen LogP contribution in [0.2, 0.25) is 5.02 Å². The number of hydrogen-bond donors (Lipinski definition) is 0. The lowest BCUT2D eigenvalue weighted by molar-refractivity contribution is 0.0515. The minimum atomic E-state index is 0.172. The van der Waals surface area contributed by atoms with Gasteiger partial charge in [0.1, 0.15) is 5.75 Å². The summed E-state index contributed by atoms with van der Waals surface area (Å²) in [6.07, 6.45) is 0.741. The average Bonchev–Trinajstić information content (AvgIpc) is 2.46. The van der Waals surface area contributed by atoms with Crippen LogP contribution in [0.4, 0.5) is 0 Å². The molecule has 4 heteroatoms. The summed E-state index contributed by atoms with van der Waals surface area (Å²) in [6, 6.07) is 12.9. The molecule has 0 aliphatic rings. The monoisotopic (exact) mass is 276 g/mol. The SMILES string of the molecule is COCOc1ccccc1-c1ccc(Cl)c(C=O)c1. The molecule has 0 aliphatic carbocycles. The van der Waals surface area contributed by atoms with Crippen LogP contribution in [0.15, 0.2) is 42.5 Å². The van der Waals surface area contributed by atoms with Gasteiger partial charge in [-0.15, -0.1) is 0 Å². The summed E-state index contributed by atoms with van der Waals surface area (Å²) < 4.78 is 10.4. The zero-order valence-electron chi connectivity index (χ0n) is 10.4. The Labute approximate surface area is 116 Å². The number of ether oxygens (including phenoxy) is 2. The number of para-hydroxylation sites is 1. The Hall–Kier alpha value is -1.84. The molecule has 2 aromatic rings. The van der Waals surface area contributed by atoms with E-state index in [2.05, 4.69) is 0 Å². The highest BCUT2D eigenvalue weighted by molar-refractivity contribution is 6.33. The minimum Gasteiger partial charge on any atom is -0.467 e. The van der Waals surface area contributed by atoms with Gasteiger partial charge in [-0.25, -0.2) is 0 Å². The van der Waals surface area contributed by atoms with E-state index >= 15 is 0 Å². The number of halogens is 1. The number of carbonyl (C=O) groups is 1. The van der Waals surface area contributed by atoms with Gasteiger partial charge >= 0.3 is 0 Å². The minimum absolute atomic E-state index is 0.172. The fourth-order valence-electron chi connectivity index (χ4n) is 1.75. The summed E-state index contributed by atoms with van der Waals surface area (Å²) in [7, 11) is 1.56. The van der Waals surface area contributed by atoms with E-state index < -0.39 is 0 Å². The summed E-state index contributed by atoms with van der Waals surface area (Å²) in [5, 5.41) is 0.439. The maximum absolute atomic E-state index is 10.9. The molecule has 0 bridgehead atoms. The molecule has 0 amide bonds. The van der Waals surface area contributed by atoms with Gasteiger partial charge in [-0.05, 0) is 23.8 Å². The van der Waals surface area contributed by atoms with Gasteiger partial charge < -0.3 is 9.47 Å². The Kier molecular flexibility index (Phi) is 4.55. The lowest BCUT2D eigenvalue weighted by Gasteiger charge is -2.11. The lowest BCUT2D eigenvalue weighted by atomic mass is 10.0. The molecule has 19 heavy (non-hydrogen) atoms. The summed E-state index contributed by atoms with van der Waals surface area (Å²) in [4.78, 5) is 10.9. The van der Waals surface area contributed by atoms with Gasteiger partial charge in [-0.1, -0.05) is 35.9 Å². The second kappa shape index (κ2) is 6.36. The Morgan fingerprint density at radius 2 is 2.00 bits per heavy atom. The van der Waals surface area contributed by atoms with E-state index in [0.717, 1.165) is 17.4 Å². The van der Waals surface area contributed by atoms with E-state index in [1.165, 1.54) is 0 Å². The van der Waals surface area contributed by atoms with Gasteiger partial charge in [-0.2, -0.15) is 0 Å². The first kappa shape index (κ1) is 13.6. The van der Waals surface area contributed by atoms with Crippen LogP contribution in [0.1, 0.15) is 10.4 Å². The molecule has 0 radical (unpaired) electrons. The molecule has 0 fully saturated rings. The third-order valence-corrected chi connectivity index (χ3v) is 3.00. The maximum Gasteiger partial charge on any atom is 0.188 e. The first-order chi connectivity index (χ1) is 9.26. The van der Waals surface area contributed by atoms with Crippen LogP contribution in [-0.2, 0) is 4.74 Å². The number of rotatable bonds is 5. The zero-order valence-corrected chi connectivity index (χ0v) is 11.2. The standard InChI is InChI=1S/C15H13ClO3/c1-18-10-19-15-5-3-2-4-13(15)11-6-7-14(16)12(8-11)9-17/h2-9H,10H2,1H3. The van der Waals surface area contributed by atoms with E-state index in [4.69, 9.17) is 21.1 Å². The highest BCUT2D eigenvalue weighted by atomic mass is 35.5. The van der Waals surface area contributed by atoms with Crippen molar-refractivity contribution in [2.24, 2.45) is 0 Å². The number of carbonyl (C=O) groups excluding carboxylic acids is 1. The molecule has 0 heterocycles. The summed E-state index contributed by atoms with van der Waals surface area (Å²) in [6.45, 7) is 0.172. The summed E-state index contributed by atoms with van der Waals surface area (Å²) in [5.74, 6) is 0.698. The fourth-order valence-corrected chi connectivity index (χ4v) is 1.92. The molecule has 2 rings (SSSR count). The average molecular weight is 277 g/mol. The Bertz CT molecular complexity index is 581. The molecule has 0 aliphatic heterocycles. The Morgan fingerprint density at radius 1 is 1.21 bits per heavy atom. The molecule has 0 saturated carbocycles. The number of aldehydes is 1. The van der Waals surface area contributed by atoms with Crippen molar-refractivity contribution >= 4 is 17.9 Å². The first-order valence-electron chi connectivity index (χ1n) is 5.72. The molecular weight excluding hydrogens is 264 g/mol. The molecular formula is C15H13ClO3. The number of hydrogen-bond acceptors (Lipinski definition) is 3. The molecule has 0 atom stereocenters. The van der Waals surface area contributed by atoms with Crippen molar-refractivity contribution in [2.75, 3.05) is 13.9 Å². The van der Waals surface area contributed by atoms with E-state index in [-0.39, 0.29) is 6.79 Å². The van der Waals surface area contributed by atoms with Gasteiger partial charge in [0.05, 0.1) is 5.02 Å². The molecule has 0 unspecified atom stereocenters. The predicted octanol–water partition coefficient (Wildman–Crippen LogP) is 3.80. The Balaban J connectivity index is 2.43. The van der Waals surface area contributed by atoms with Crippen molar-refractivity contribution < 1.29 is 14.3 Å². The second-order valence-electron chi connectivity index (χ2n) is 3.90. The van der Waals surface area contributed by atoms with E-state index in [0.29, 0.717) is 16.3 Å². The second-order valence-corrected chi connectivity index (χ2v) is 4.31. The van der Waals surface area contributed by atoms with Gasteiger partial charge in [-0.3, -0.25) is 4.79 Å². The first-order valence-corrected chi connectivity index (χ1v) is 6.10. The number of methoxy groups -OCH3 is 1. The lowest BCUT2D eigenvalue weighted by Crippen LogP contribution is -2.00. The molecule has 3 nitrogen and oxygen atoms in total. The van der Waals surface area contributed by atoms with Gasteiger partial charge in [0.15, 0.2) is 13.1 Å². The van der Waals surface area contributed by atoms with Crippen LogP contribution >= 0.6 is 11.6 Å². The summed E-state index contributed by atoms with van der Waals surface area (Å²) >= 11 is 5.92. The third-order valence-electron chi connectivity index (χ3n) is 2.65. The predicted molar refractivity (Wildman–Crippen MR) is 74.8 cm³/mol. The van der Waals surface area contributed by atoms with Gasteiger partial charge in [0.2, 0.25) is 0 Å². The molecule has 2 aromatic carbocycles. The largest absolute Gasteiger partial charge is 0.467 e. The van der Waals surface area contributed by atoms with Crippen LogP contribution in [-0.4, -0.2) is 20.2 Å². The zero-order chi connectivity index (χ0) is 13.7. The number of benzene rings is 2. The van der Waals surface area contributed by atoms with Gasteiger partial charge in [0, 0.05) is 18.2 Å². The summed E-state index contributed by atoms with van der Waals surface area (Å²) in [5.41, 5.74) is 2.22. The van der Waals surface area contributed by atoms with E-state index in [1.54, 1.807) is 19.2 Å². The molecule has 0 aromatic heterocycles. The molecule has 0 spiro atoms. The molecule has 0 N–H and O–H groups in total. The quantitative estimate of drug-likeness (QED) is 0.615. The highest BCUT2D eigenvalue weighted by Gasteiger charge is 2.08. The highest BCUT2D eigenvalue weighted by Crippen LogP contribution is 2.31. The normalized spacial score (nSPS) is 10.2. The van der Waals surface area contributed by atoms with Crippen LogP contribution in [0, 0.1) is 0 Å². The van der Waals surface area contributed by atoms with Crippen molar-refractivity contribution in [1.29, 1.82) is 0 Å². The van der Waals surface area contributed by atoms with Crippen LogP contribution in [0.3, 0.4) is 0 Å². The fraction of sp³-hybridized carbons (Fsp3) is 0.133. The smallest absolute Gasteiger partial charge is 0.188 e. The van der Waals surface area contributed by atoms with Crippen molar-refractivity contribution in [3.8, 4) is 16.9 Å².